The summed E-state index contributed by atoms with van der Waals surface area (Å²) in [6, 6.07) is 34.4. The van der Waals surface area contributed by atoms with Gasteiger partial charge < -0.3 is 19.1 Å². The first-order valence-corrected chi connectivity index (χ1v) is 13.0. The van der Waals surface area contributed by atoms with Gasteiger partial charge in [-0.25, -0.2) is 0 Å². The van der Waals surface area contributed by atoms with Crippen LogP contribution in [0.1, 0.15) is 18.1 Å². The van der Waals surface area contributed by atoms with E-state index in [1.807, 2.05) is 73.7 Å². The molecule has 5 rings (SSSR count). The summed E-state index contributed by atoms with van der Waals surface area (Å²) < 4.78 is 17.4. The number of benzene rings is 4. The van der Waals surface area contributed by atoms with Crippen molar-refractivity contribution in [1.29, 1.82) is 0 Å². The highest BCUT2D eigenvalue weighted by atomic mass is 16.5. The lowest BCUT2D eigenvalue weighted by Gasteiger charge is -2.32. The molecule has 0 fully saturated rings. The van der Waals surface area contributed by atoms with E-state index in [-0.39, 0.29) is 12.5 Å². The fourth-order valence-corrected chi connectivity index (χ4v) is 4.62. The zero-order valence-corrected chi connectivity index (χ0v) is 21.6. The number of carbonyl (C=O) groups is 1. The van der Waals surface area contributed by atoms with Crippen molar-refractivity contribution in [3.63, 3.8) is 0 Å². The van der Waals surface area contributed by atoms with E-state index in [1.54, 1.807) is 0 Å². The summed E-state index contributed by atoms with van der Waals surface area (Å²) in [6.45, 7) is 4.95. The number of rotatable bonds is 11. The highest BCUT2D eigenvalue weighted by Crippen LogP contribution is 2.45. The molecule has 0 aliphatic carbocycles. The first-order chi connectivity index (χ1) is 18.7. The first kappa shape index (κ1) is 25.4. The molecule has 6 nitrogen and oxygen atoms in total. The number of ether oxygens (including phenoxy) is 3. The molecule has 0 aromatic heterocycles. The van der Waals surface area contributed by atoms with Gasteiger partial charge in [0.2, 0.25) is 0 Å². The Balaban J connectivity index is 1.20. The summed E-state index contributed by atoms with van der Waals surface area (Å²) in [6.07, 6.45) is 0. The van der Waals surface area contributed by atoms with Crippen molar-refractivity contribution in [1.82, 2.24) is 4.90 Å². The third kappa shape index (κ3) is 6.33. The molecule has 1 aliphatic heterocycles. The lowest BCUT2D eigenvalue weighted by molar-refractivity contribution is -0.144. The maximum absolute atomic E-state index is 12.2. The highest BCUT2D eigenvalue weighted by Gasteiger charge is 2.23. The number of hydrogen-bond donors (Lipinski definition) is 0. The lowest BCUT2D eigenvalue weighted by atomic mass is 10.1. The van der Waals surface area contributed by atoms with Crippen LogP contribution in [0, 0.1) is 0 Å². The predicted octanol–water partition coefficient (Wildman–Crippen LogP) is 6.57. The molecule has 0 spiro atoms. The number of fused-ring (bicyclic) bond motifs is 2. The molecule has 194 valence electrons. The van der Waals surface area contributed by atoms with E-state index < -0.39 is 0 Å². The summed E-state index contributed by atoms with van der Waals surface area (Å²) in [4.78, 5) is 16.5. The molecular formula is C32H32N2O4. The molecular weight excluding hydrogens is 476 g/mol. The molecule has 1 heterocycles. The van der Waals surface area contributed by atoms with Crippen LogP contribution in [0.15, 0.2) is 103 Å². The first-order valence-electron chi connectivity index (χ1n) is 13.0. The normalized spacial score (nSPS) is 11.9. The van der Waals surface area contributed by atoms with Crippen molar-refractivity contribution in [3.05, 3.63) is 114 Å². The van der Waals surface area contributed by atoms with Gasteiger partial charge in [0.1, 0.15) is 12.4 Å². The van der Waals surface area contributed by atoms with E-state index in [0.29, 0.717) is 32.8 Å². The van der Waals surface area contributed by atoms with Crippen molar-refractivity contribution < 1.29 is 19.0 Å². The Hall–Kier alpha value is -4.29. The largest absolute Gasteiger partial charge is 0.492 e. The Bertz CT molecular complexity index is 1300. The zero-order valence-electron chi connectivity index (χ0n) is 21.6. The molecule has 0 N–H and O–H groups in total. The summed E-state index contributed by atoms with van der Waals surface area (Å²) >= 11 is 0. The van der Waals surface area contributed by atoms with Crippen LogP contribution in [0.25, 0.3) is 0 Å². The topological polar surface area (TPSA) is 51.2 Å². The Labute approximate surface area is 224 Å². The van der Waals surface area contributed by atoms with E-state index in [1.165, 1.54) is 0 Å². The molecule has 0 radical (unpaired) electrons. The van der Waals surface area contributed by atoms with Gasteiger partial charge in [-0.3, -0.25) is 9.69 Å². The van der Waals surface area contributed by atoms with E-state index in [2.05, 4.69) is 46.2 Å². The molecule has 4 aromatic carbocycles. The fourth-order valence-electron chi connectivity index (χ4n) is 4.62. The maximum atomic E-state index is 12.2. The molecule has 1 aliphatic rings. The van der Waals surface area contributed by atoms with Crippen LogP contribution in [-0.2, 0) is 22.6 Å². The monoisotopic (exact) mass is 508 g/mol. The number of esters is 1. The molecule has 6 heteroatoms. The van der Waals surface area contributed by atoms with Gasteiger partial charge in [0.25, 0.3) is 0 Å². The third-order valence-electron chi connectivity index (χ3n) is 6.35. The third-order valence-corrected chi connectivity index (χ3v) is 6.35. The number of nitrogens with zero attached hydrogens (tertiary/aromatic N) is 2. The van der Waals surface area contributed by atoms with Gasteiger partial charge in [-0.05, 0) is 54.4 Å². The zero-order chi connectivity index (χ0) is 26.2. The van der Waals surface area contributed by atoms with Gasteiger partial charge in [0.05, 0.1) is 31.1 Å². The smallest absolute Gasteiger partial charge is 0.320 e. The van der Waals surface area contributed by atoms with Crippen molar-refractivity contribution in [2.24, 2.45) is 0 Å². The maximum Gasteiger partial charge on any atom is 0.320 e. The van der Waals surface area contributed by atoms with Gasteiger partial charge in [-0.15, -0.1) is 0 Å². The minimum absolute atomic E-state index is 0.213. The molecule has 0 saturated heterocycles. The predicted molar refractivity (Wildman–Crippen MR) is 149 cm³/mol. The number of para-hydroxylation sites is 4. The molecule has 38 heavy (non-hydrogen) atoms. The van der Waals surface area contributed by atoms with Crippen LogP contribution < -0.4 is 14.4 Å². The minimum Gasteiger partial charge on any atom is -0.492 e. The van der Waals surface area contributed by atoms with Gasteiger partial charge >= 0.3 is 5.97 Å². The summed E-state index contributed by atoms with van der Waals surface area (Å²) in [5.74, 6) is 2.29. The number of anilines is 2. The standard InChI is InChI=1S/C32H32N2O4/c1-2-36-32(35)24-33(22-25-10-4-3-5-11-25)23-26-16-18-27(19-17-26)37-21-20-34-28-12-6-8-14-30(28)38-31-15-9-7-13-29(31)34/h3-19H,2,20-24H2,1H3. The summed E-state index contributed by atoms with van der Waals surface area (Å²) in [5, 5.41) is 0. The Kier molecular flexibility index (Phi) is 8.21. The summed E-state index contributed by atoms with van der Waals surface area (Å²) in [5.41, 5.74) is 4.33. The minimum atomic E-state index is -0.213. The average Bonchev–Trinajstić information content (AvgIpc) is 2.94. The van der Waals surface area contributed by atoms with Gasteiger partial charge in [-0.1, -0.05) is 66.7 Å². The van der Waals surface area contributed by atoms with E-state index >= 15 is 0 Å². The molecule has 4 aromatic rings. The van der Waals surface area contributed by atoms with Crippen molar-refractivity contribution in [2.75, 3.05) is 31.2 Å². The highest BCUT2D eigenvalue weighted by molar-refractivity contribution is 5.77. The Morgan fingerprint density at radius 1 is 0.763 bits per heavy atom. The van der Waals surface area contributed by atoms with Crippen LogP contribution in [0.3, 0.4) is 0 Å². The second-order valence-corrected chi connectivity index (χ2v) is 9.12. The number of carbonyl (C=O) groups excluding carboxylic acids is 1. The van der Waals surface area contributed by atoms with Gasteiger partial charge in [0.15, 0.2) is 11.5 Å². The molecule has 0 amide bonds. The lowest BCUT2D eigenvalue weighted by Crippen LogP contribution is -2.30. The van der Waals surface area contributed by atoms with Crippen LogP contribution in [0.5, 0.6) is 17.2 Å². The van der Waals surface area contributed by atoms with Crippen molar-refractivity contribution >= 4 is 17.3 Å². The number of hydrogen-bond acceptors (Lipinski definition) is 6. The summed E-state index contributed by atoms with van der Waals surface area (Å²) in [7, 11) is 0. The SMILES string of the molecule is CCOC(=O)CN(Cc1ccccc1)Cc1ccc(OCCN2c3ccccc3Oc3ccccc32)cc1. The van der Waals surface area contributed by atoms with Crippen molar-refractivity contribution in [2.45, 2.75) is 20.0 Å². The Morgan fingerprint density at radius 2 is 1.34 bits per heavy atom. The molecule has 0 unspecified atom stereocenters. The molecule has 0 saturated carbocycles. The quantitative estimate of drug-likeness (QED) is 0.214. The van der Waals surface area contributed by atoms with Gasteiger partial charge in [-0.2, -0.15) is 0 Å². The fraction of sp³-hybridized carbons (Fsp3) is 0.219. The molecule has 0 atom stereocenters. The van der Waals surface area contributed by atoms with Crippen molar-refractivity contribution in [3.8, 4) is 17.2 Å². The van der Waals surface area contributed by atoms with E-state index in [0.717, 1.165) is 39.8 Å². The molecule has 0 bridgehead atoms. The second kappa shape index (κ2) is 12.3. The Morgan fingerprint density at radius 3 is 1.97 bits per heavy atom. The van der Waals surface area contributed by atoms with Crippen LogP contribution in [0.2, 0.25) is 0 Å². The van der Waals surface area contributed by atoms with Crippen LogP contribution in [-0.4, -0.2) is 37.2 Å². The second-order valence-electron chi connectivity index (χ2n) is 9.12. The van der Waals surface area contributed by atoms with E-state index in [4.69, 9.17) is 14.2 Å². The average molecular weight is 509 g/mol. The van der Waals surface area contributed by atoms with Crippen LogP contribution >= 0.6 is 0 Å². The van der Waals surface area contributed by atoms with Crippen LogP contribution in [0.4, 0.5) is 11.4 Å². The van der Waals surface area contributed by atoms with E-state index in [9.17, 15) is 4.79 Å². The van der Waals surface area contributed by atoms with Gasteiger partial charge in [0, 0.05) is 13.1 Å².